The fourth-order valence-corrected chi connectivity index (χ4v) is 3.13. The summed E-state index contributed by atoms with van der Waals surface area (Å²) in [6.07, 6.45) is 1.73. The van der Waals surface area contributed by atoms with Gasteiger partial charge < -0.3 is 15.3 Å². The zero-order valence-corrected chi connectivity index (χ0v) is 13.3. The van der Waals surface area contributed by atoms with E-state index in [1.807, 2.05) is 35.7 Å². The number of likely N-dealkylation sites (N-methyl/N-ethyl adjacent to an activating group) is 1. The lowest BCUT2D eigenvalue weighted by atomic mass is 10.1. The van der Waals surface area contributed by atoms with Gasteiger partial charge in [-0.1, -0.05) is 18.2 Å². The molecule has 1 heterocycles. The second-order valence-electron chi connectivity index (χ2n) is 5.77. The molecule has 0 bridgehead atoms. The Morgan fingerprint density at radius 1 is 1.41 bits per heavy atom. The zero-order chi connectivity index (χ0) is 15.5. The first-order chi connectivity index (χ1) is 10.6. The fraction of sp³-hybridized carbons (Fsp3) is 0.353. The van der Waals surface area contributed by atoms with Crippen LogP contribution < -0.4 is 5.32 Å². The van der Waals surface area contributed by atoms with Crippen LogP contribution in [0, 0.1) is 5.92 Å². The van der Waals surface area contributed by atoms with E-state index in [1.165, 1.54) is 4.88 Å². The number of amides is 2. The maximum atomic E-state index is 12.2. The number of nitrogens with one attached hydrogen (secondary N) is 1. The number of rotatable bonds is 5. The molecule has 4 nitrogen and oxygen atoms in total. The molecule has 1 fully saturated rings. The Labute approximate surface area is 134 Å². The third-order valence-corrected chi connectivity index (χ3v) is 4.81. The maximum absolute atomic E-state index is 12.2. The molecular weight excluding hydrogens is 296 g/mol. The number of benzene rings is 1. The lowest BCUT2D eigenvalue weighted by Crippen LogP contribution is -2.37. The normalized spacial score (nSPS) is 15.4. The summed E-state index contributed by atoms with van der Waals surface area (Å²) < 4.78 is 0. The average Bonchev–Trinajstić information content (AvgIpc) is 3.22. The number of thiophene rings is 1. The highest BCUT2D eigenvalue weighted by molar-refractivity contribution is 7.13. The van der Waals surface area contributed by atoms with Crippen molar-refractivity contribution in [2.45, 2.75) is 18.9 Å². The Bertz CT molecular complexity index is 638. The van der Waals surface area contributed by atoms with Crippen LogP contribution in [-0.2, 0) is 0 Å². The summed E-state index contributed by atoms with van der Waals surface area (Å²) in [5, 5.41) is 14.8. The van der Waals surface area contributed by atoms with Crippen LogP contribution in [-0.4, -0.2) is 35.7 Å². The van der Waals surface area contributed by atoms with Gasteiger partial charge in [0.15, 0.2) is 0 Å². The van der Waals surface area contributed by atoms with Crippen LogP contribution in [0.3, 0.4) is 0 Å². The van der Waals surface area contributed by atoms with Crippen LogP contribution >= 0.6 is 11.3 Å². The van der Waals surface area contributed by atoms with Crippen LogP contribution in [0.2, 0.25) is 0 Å². The van der Waals surface area contributed by atoms with Gasteiger partial charge in [0.25, 0.3) is 0 Å². The number of anilines is 1. The third kappa shape index (κ3) is 3.67. The predicted octanol–water partition coefficient (Wildman–Crippen LogP) is 3.65. The largest absolute Gasteiger partial charge is 0.391 e. The highest BCUT2D eigenvalue weighted by atomic mass is 32.1. The molecule has 0 spiro atoms. The second kappa shape index (κ2) is 6.50. The molecule has 22 heavy (non-hydrogen) atoms. The van der Waals surface area contributed by atoms with Gasteiger partial charge in [-0.25, -0.2) is 4.79 Å². The summed E-state index contributed by atoms with van der Waals surface area (Å²) in [7, 11) is 1.71. The van der Waals surface area contributed by atoms with Crippen molar-refractivity contribution in [2.24, 2.45) is 5.92 Å². The van der Waals surface area contributed by atoms with Crippen LogP contribution in [0.1, 0.15) is 12.8 Å². The summed E-state index contributed by atoms with van der Waals surface area (Å²) in [4.78, 5) is 14.9. The number of nitrogens with zero attached hydrogens (tertiary/aromatic N) is 1. The van der Waals surface area contributed by atoms with E-state index in [0.717, 1.165) is 24.1 Å². The van der Waals surface area contributed by atoms with Gasteiger partial charge in [-0.05, 0) is 47.9 Å². The lowest BCUT2D eigenvalue weighted by Gasteiger charge is -2.21. The molecule has 3 rings (SSSR count). The van der Waals surface area contributed by atoms with Crippen molar-refractivity contribution in [1.82, 2.24) is 4.90 Å². The molecular formula is C17H20N2O2S. The Morgan fingerprint density at radius 2 is 2.23 bits per heavy atom. The van der Waals surface area contributed by atoms with E-state index >= 15 is 0 Å². The van der Waals surface area contributed by atoms with Crippen molar-refractivity contribution in [3.63, 3.8) is 0 Å². The molecule has 1 atom stereocenters. The third-order valence-electron chi connectivity index (χ3n) is 3.89. The highest BCUT2D eigenvalue weighted by Gasteiger charge is 2.31. The molecule has 1 aromatic carbocycles. The van der Waals surface area contributed by atoms with Crippen molar-refractivity contribution in [2.75, 3.05) is 18.9 Å². The number of carbonyl (C=O) groups excluding carboxylic acids is 1. The minimum Gasteiger partial charge on any atom is -0.391 e. The number of carbonyl (C=O) groups is 1. The molecule has 2 amide bonds. The van der Waals surface area contributed by atoms with E-state index in [2.05, 4.69) is 11.4 Å². The molecule has 1 unspecified atom stereocenters. The summed E-state index contributed by atoms with van der Waals surface area (Å²) >= 11 is 1.67. The van der Waals surface area contributed by atoms with Crippen LogP contribution in [0.15, 0.2) is 41.8 Å². The van der Waals surface area contributed by atoms with E-state index in [0.29, 0.717) is 12.5 Å². The van der Waals surface area contributed by atoms with Crippen LogP contribution in [0.5, 0.6) is 0 Å². The molecule has 1 aliphatic rings. The van der Waals surface area contributed by atoms with Gasteiger partial charge in [-0.2, -0.15) is 0 Å². The van der Waals surface area contributed by atoms with Crippen molar-refractivity contribution in [3.05, 3.63) is 41.8 Å². The Balaban J connectivity index is 1.62. The minimum atomic E-state index is -0.409. The van der Waals surface area contributed by atoms with Gasteiger partial charge in [0.05, 0.1) is 6.10 Å². The molecule has 1 aliphatic carbocycles. The van der Waals surface area contributed by atoms with Crippen LogP contribution in [0.4, 0.5) is 10.5 Å². The Hall–Kier alpha value is -1.85. The van der Waals surface area contributed by atoms with E-state index in [4.69, 9.17) is 0 Å². The fourth-order valence-electron chi connectivity index (χ4n) is 2.41. The Kier molecular flexibility index (Phi) is 4.45. The molecule has 2 N–H and O–H groups in total. The first-order valence-electron chi connectivity index (χ1n) is 7.47. The standard InChI is InChI=1S/C17H20N2O2S/c1-19(11-15(20)12-7-8-12)17(21)18-14-5-2-4-13(10-14)16-6-3-9-22-16/h2-6,9-10,12,15,20H,7-8,11H2,1H3,(H,18,21). The molecule has 1 saturated carbocycles. The van der Waals surface area contributed by atoms with Crippen LogP contribution in [0.25, 0.3) is 10.4 Å². The lowest BCUT2D eigenvalue weighted by molar-refractivity contribution is 0.117. The topological polar surface area (TPSA) is 52.6 Å². The van der Waals surface area contributed by atoms with Gasteiger partial charge in [0.2, 0.25) is 0 Å². The van der Waals surface area contributed by atoms with E-state index in [1.54, 1.807) is 23.3 Å². The average molecular weight is 316 g/mol. The van der Waals surface area contributed by atoms with Crippen molar-refractivity contribution >= 4 is 23.1 Å². The molecule has 0 saturated heterocycles. The van der Waals surface area contributed by atoms with Crippen molar-refractivity contribution in [3.8, 4) is 10.4 Å². The Morgan fingerprint density at radius 3 is 2.91 bits per heavy atom. The molecule has 0 radical (unpaired) electrons. The summed E-state index contributed by atoms with van der Waals surface area (Å²) in [5.74, 6) is 0.373. The van der Waals surface area contributed by atoms with Gasteiger partial charge in [-0.15, -0.1) is 11.3 Å². The van der Waals surface area contributed by atoms with Crippen molar-refractivity contribution in [1.29, 1.82) is 0 Å². The summed E-state index contributed by atoms with van der Waals surface area (Å²) in [6, 6.07) is 11.7. The second-order valence-corrected chi connectivity index (χ2v) is 6.72. The van der Waals surface area contributed by atoms with E-state index in [9.17, 15) is 9.90 Å². The molecule has 0 aliphatic heterocycles. The van der Waals surface area contributed by atoms with Crippen molar-refractivity contribution < 1.29 is 9.90 Å². The smallest absolute Gasteiger partial charge is 0.321 e. The van der Waals surface area contributed by atoms with Gasteiger partial charge in [-0.3, -0.25) is 0 Å². The number of urea groups is 1. The summed E-state index contributed by atoms with van der Waals surface area (Å²) in [5.41, 5.74) is 1.86. The molecule has 2 aromatic rings. The summed E-state index contributed by atoms with van der Waals surface area (Å²) in [6.45, 7) is 0.376. The molecule has 116 valence electrons. The zero-order valence-electron chi connectivity index (χ0n) is 12.5. The quantitative estimate of drug-likeness (QED) is 0.884. The number of aliphatic hydroxyl groups excluding tert-OH is 1. The van der Waals surface area contributed by atoms with Gasteiger partial charge >= 0.3 is 6.03 Å². The van der Waals surface area contributed by atoms with E-state index < -0.39 is 6.10 Å². The number of hydrogen-bond acceptors (Lipinski definition) is 3. The molecule has 1 aromatic heterocycles. The van der Waals surface area contributed by atoms with Gasteiger partial charge in [0.1, 0.15) is 0 Å². The molecule has 5 heteroatoms. The first-order valence-corrected chi connectivity index (χ1v) is 8.35. The maximum Gasteiger partial charge on any atom is 0.321 e. The highest BCUT2D eigenvalue weighted by Crippen LogP contribution is 2.32. The minimum absolute atomic E-state index is 0.192. The first kappa shape index (κ1) is 15.1. The number of aliphatic hydroxyl groups is 1. The predicted molar refractivity (Wildman–Crippen MR) is 90.1 cm³/mol. The monoisotopic (exact) mass is 316 g/mol. The SMILES string of the molecule is CN(CC(O)C1CC1)C(=O)Nc1cccc(-c2cccs2)c1. The number of hydrogen-bond donors (Lipinski definition) is 2. The van der Waals surface area contributed by atoms with E-state index in [-0.39, 0.29) is 6.03 Å². The van der Waals surface area contributed by atoms with Gasteiger partial charge in [0, 0.05) is 24.2 Å².